The summed E-state index contributed by atoms with van der Waals surface area (Å²) in [5, 5.41) is 0. The molecule has 0 bridgehead atoms. The zero-order chi connectivity index (χ0) is 11.3. The molecule has 0 saturated heterocycles. The second-order valence-corrected chi connectivity index (χ2v) is 4.43. The maximum absolute atomic E-state index is 11.2. The zero-order valence-electron chi connectivity index (χ0n) is 8.64. The van der Waals surface area contributed by atoms with Crippen molar-refractivity contribution in [3.63, 3.8) is 0 Å². The first-order valence-corrected chi connectivity index (χ1v) is 6.13. The fourth-order valence-corrected chi connectivity index (χ4v) is 2.09. The van der Waals surface area contributed by atoms with Crippen LogP contribution in [-0.2, 0) is 25.3 Å². The van der Waals surface area contributed by atoms with E-state index in [0.29, 0.717) is 12.8 Å². The molecule has 1 saturated carbocycles. The molecule has 0 spiro atoms. The second-order valence-electron chi connectivity index (χ2n) is 3.59. The van der Waals surface area contributed by atoms with E-state index in [1.165, 1.54) is 7.11 Å². The van der Waals surface area contributed by atoms with E-state index in [4.69, 9.17) is 4.74 Å². The van der Waals surface area contributed by atoms with E-state index in [2.05, 4.69) is 4.74 Å². The van der Waals surface area contributed by atoms with Gasteiger partial charge in [-0.1, -0.05) is 0 Å². The van der Waals surface area contributed by atoms with Crippen molar-refractivity contribution in [2.24, 2.45) is 5.92 Å². The van der Waals surface area contributed by atoms with E-state index in [1.807, 2.05) is 0 Å². The topological polar surface area (TPSA) is 75.7 Å². The van der Waals surface area contributed by atoms with Crippen LogP contribution in [0, 0.1) is 5.92 Å². The smallest absolute Gasteiger partial charge is 0.308 e. The van der Waals surface area contributed by atoms with Gasteiger partial charge in [0.25, 0.3) is 0 Å². The maximum atomic E-state index is 11.2. The SMILES string of the molecule is COC(=O)C1CCC(OCS(=O)[O-])CC1. The zero-order valence-corrected chi connectivity index (χ0v) is 9.46. The van der Waals surface area contributed by atoms with Crippen molar-refractivity contribution in [1.82, 2.24) is 0 Å². The van der Waals surface area contributed by atoms with Crippen molar-refractivity contribution >= 4 is 17.0 Å². The molecule has 1 aliphatic carbocycles. The van der Waals surface area contributed by atoms with Crippen molar-refractivity contribution in [2.75, 3.05) is 13.0 Å². The van der Waals surface area contributed by atoms with E-state index in [1.54, 1.807) is 0 Å². The summed E-state index contributed by atoms with van der Waals surface area (Å²) < 4.78 is 30.3. The first-order chi connectivity index (χ1) is 7.13. The van der Waals surface area contributed by atoms with Crippen molar-refractivity contribution in [1.29, 1.82) is 0 Å². The lowest BCUT2D eigenvalue weighted by Gasteiger charge is -2.27. The number of esters is 1. The average Bonchev–Trinajstić information content (AvgIpc) is 2.26. The quantitative estimate of drug-likeness (QED) is 0.526. The van der Waals surface area contributed by atoms with Gasteiger partial charge in [0.1, 0.15) is 5.94 Å². The molecule has 1 unspecified atom stereocenters. The Hall–Kier alpha value is -0.460. The van der Waals surface area contributed by atoms with E-state index < -0.39 is 11.1 Å². The molecule has 0 amide bonds. The van der Waals surface area contributed by atoms with Crippen molar-refractivity contribution in [3.8, 4) is 0 Å². The largest absolute Gasteiger partial charge is 0.771 e. The number of hydrogen-bond acceptors (Lipinski definition) is 5. The highest BCUT2D eigenvalue weighted by atomic mass is 32.2. The molecule has 1 aliphatic rings. The lowest BCUT2D eigenvalue weighted by Crippen LogP contribution is -2.27. The standard InChI is InChI=1S/C9H16O5S/c1-13-9(10)7-2-4-8(5-3-7)14-6-15(11)12/h7-8H,2-6H2,1H3,(H,11,12)/p-1. The Kier molecular flexibility index (Phi) is 5.21. The van der Waals surface area contributed by atoms with E-state index in [-0.39, 0.29) is 23.9 Å². The van der Waals surface area contributed by atoms with E-state index in [0.717, 1.165) is 12.8 Å². The highest BCUT2D eigenvalue weighted by molar-refractivity contribution is 7.78. The fourth-order valence-electron chi connectivity index (χ4n) is 1.78. The molecule has 6 heteroatoms. The summed E-state index contributed by atoms with van der Waals surface area (Å²) in [5.74, 6) is -0.485. The lowest BCUT2D eigenvalue weighted by atomic mass is 9.87. The van der Waals surface area contributed by atoms with Crippen LogP contribution in [0.15, 0.2) is 0 Å². The minimum absolute atomic E-state index is 0.0381. The number of carbonyl (C=O) groups is 1. The van der Waals surface area contributed by atoms with Gasteiger partial charge in [0.15, 0.2) is 0 Å². The van der Waals surface area contributed by atoms with Gasteiger partial charge in [0, 0.05) is 0 Å². The lowest BCUT2D eigenvalue weighted by molar-refractivity contribution is -0.147. The van der Waals surface area contributed by atoms with Gasteiger partial charge < -0.3 is 14.0 Å². The number of methoxy groups -OCH3 is 1. The summed E-state index contributed by atoms with van der Waals surface area (Å²) in [6, 6.07) is 0. The molecule has 0 radical (unpaired) electrons. The molecule has 5 nitrogen and oxygen atoms in total. The van der Waals surface area contributed by atoms with Gasteiger partial charge in [0.05, 0.1) is 19.1 Å². The van der Waals surface area contributed by atoms with E-state index in [9.17, 15) is 13.6 Å². The van der Waals surface area contributed by atoms with Crippen LogP contribution in [0.3, 0.4) is 0 Å². The van der Waals surface area contributed by atoms with Crippen molar-refractivity contribution in [2.45, 2.75) is 31.8 Å². The van der Waals surface area contributed by atoms with Crippen LogP contribution in [0.4, 0.5) is 0 Å². The molecule has 88 valence electrons. The number of hydrogen-bond donors (Lipinski definition) is 0. The van der Waals surface area contributed by atoms with Gasteiger partial charge in [-0.3, -0.25) is 9.00 Å². The van der Waals surface area contributed by atoms with Gasteiger partial charge in [-0.15, -0.1) is 0 Å². The molecule has 15 heavy (non-hydrogen) atoms. The summed E-state index contributed by atoms with van der Waals surface area (Å²) in [6.45, 7) is 0. The van der Waals surface area contributed by atoms with Crippen LogP contribution >= 0.6 is 0 Å². The van der Waals surface area contributed by atoms with Gasteiger partial charge in [-0.25, -0.2) is 0 Å². The Morgan fingerprint density at radius 2 is 2.00 bits per heavy atom. The first-order valence-electron chi connectivity index (χ1n) is 4.88. The first kappa shape index (κ1) is 12.6. The maximum Gasteiger partial charge on any atom is 0.308 e. The van der Waals surface area contributed by atoms with Crippen LogP contribution in [0.1, 0.15) is 25.7 Å². The van der Waals surface area contributed by atoms with Crippen molar-refractivity contribution in [3.05, 3.63) is 0 Å². The van der Waals surface area contributed by atoms with Gasteiger partial charge in [0.2, 0.25) is 0 Å². The van der Waals surface area contributed by atoms with Crippen LogP contribution in [0.2, 0.25) is 0 Å². The molecule has 1 atom stereocenters. The third-order valence-electron chi connectivity index (χ3n) is 2.61. The van der Waals surface area contributed by atoms with Crippen LogP contribution in [0.5, 0.6) is 0 Å². The third-order valence-corrected chi connectivity index (χ3v) is 2.94. The summed E-state index contributed by atoms with van der Waals surface area (Å²) in [6.07, 6.45) is 2.82. The Morgan fingerprint density at radius 3 is 2.47 bits per heavy atom. The minimum Gasteiger partial charge on any atom is -0.771 e. The summed E-state index contributed by atoms with van der Waals surface area (Å²) in [7, 11) is 1.38. The molecule has 0 aliphatic heterocycles. The molecule has 0 aromatic carbocycles. The molecule has 1 rings (SSSR count). The molecule has 0 heterocycles. The third kappa shape index (κ3) is 4.27. The number of ether oxygens (including phenoxy) is 2. The number of rotatable bonds is 4. The Morgan fingerprint density at radius 1 is 1.40 bits per heavy atom. The van der Waals surface area contributed by atoms with Crippen LogP contribution < -0.4 is 0 Å². The predicted molar refractivity (Wildman–Crippen MR) is 52.6 cm³/mol. The Balaban J connectivity index is 2.23. The van der Waals surface area contributed by atoms with Gasteiger partial charge >= 0.3 is 5.97 Å². The highest BCUT2D eigenvalue weighted by Crippen LogP contribution is 2.26. The minimum atomic E-state index is -2.15. The Bertz CT molecular complexity index is 235. The molecule has 0 N–H and O–H groups in total. The summed E-state index contributed by atoms with van der Waals surface area (Å²) in [4.78, 5) is 11.2. The van der Waals surface area contributed by atoms with Gasteiger partial charge in [-0.2, -0.15) is 0 Å². The highest BCUT2D eigenvalue weighted by Gasteiger charge is 2.27. The normalized spacial score (nSPS) is 28.4. The average molecular weight is 235 g/mol. The van der Waals surface area contributed by atoms with Crippen molar-refractivity contribution < 1.29 is 23.0 Å². The molecule has 1 fully saturated rings. The molecular formula is C9H15O5S-. The van der Waals surface area contributed by atoms with E-state index >= 15 is 0 Å². The fraction of sp³-hybridized carbons (Fsp3) is 0.889. The summed E-state index contributed by atoms with van der Waals surface area (Å²) in [5.41, 5.74) is 0. The van der Waals surface area contributed by atoms with Gasteiger partial charge in [-0.05, 0) is 36.8 Å². The monoisotopic (exact) mass is 235 g/mol. The molecular weight excluding hydrogens is 220 g/mol. The van der Waals surface area contributed by atoms with Crippen LogP contribution in [0.25, 0.3) is 0 Å². The van der Waals surface area contributed by atoms with Crippen LogP contribution in [-0.4, -0.2) is 33.9 Å². The number of carbonyl (C=O) groups excluding carboxylic acids is 1. The summed E-state index contributed by atoms with van der Waals surface area (Å²) >= 11 is -2.15. The molecule has 0 aromatic heterocycles. The Labute approximate surface area is 91.4 Å². The molecule has 0 aromatic rings. The predicted octanol–water partition coefficient (Wildman–Crippen LogP) is 0.571. The second kappa shape index (κ2) is 6.19.